The molecule has 0 saturated heterocycles. The first-order chi connectivity index (χ1) is 11.0. The molecule has 1 unspecified atom stereocenters. The SMILES string of the molecule is C=C1CCC(CC(NC(=O)OCc2ccccc2)C(=O)O)CC1. The van der Waals surface area contributed by atoms with Gasteiger partial charge in [-0.3, -0.25) is 0 Å². The lowest BCUT2D eigenvalue weighted by molar-refractivity contribution is -0.139. The van der Waals surface area contributed by atoms with E-state index in [1.54, 1.807) is 0 Å². The summed E-state index contributed by atoms with van der Waals surface area (Å²) in [5, 5.41) is 11.8. The van der Waals surface area contributed by atoms with Crippen molar-refractivity contribution >= 4 is 12.1 Å². The summed E-state index contributed by atoms with van der Waals surface area (Å²) in [6, 6.07) is 8.37. The zero-order valence-electron chi connectivity index (χ0n) is 13.2. The van der Waals surface area contributed by atoms with Gasteiger partial charge in [-0.1, -0.05) is 42.5 Å². The van der Waals surface area contributed by atoms with E-state index < -0.39 is 18.1 Å². The normalized spacial score (nSPS) is 16.6. The first-order valence-corrected chi connectivity index (χ1v) is 7.91. The molecule has 0 aliphatic heterocycles. The van der Waals surface area contributed by atoms with Crippen LogP contribution in [0.3, 0.4) is 0 Å². The molecule has 1 aromatic carbocycles. The molecule has 1 aliphatic carbocycles. The molecule has 1 atom stereocenters. The highest BCUT2D eigenvalue weighted by molar-refractivity contribution is 5.79. The molecule has 1 fully saturated rings. The van der Waals surface area contributed by atoms with E-state index in [1.807, 2.05) is 30.3 Å². The summed E-state index contributed by atoms with van der Waals surface area (Å²) >= 11 is 0. The Morgan fingerprint density at radius 2 is 1.91 bits per heavy atom. The maximum absolute atomic E-state index is 11.8. The summed E-state index contributed by atoms with van der Waals surface area (Å²) in [5.41, 5.74) is 2.09. The quantitative estimate of drug-likeness (QED) is 0.787. The van der Waals surface area contributed by atoms with Crippen LogP contribution >= 0.6 is 0 Å². The van der Waals surface area contributed by atoms with Crippen molar-refractivity contribution in [1.82, 2.24) is 5.32 Å². The summed E-state index contributed by atoms with van der Waals surface area (Å²) in [7, 11) is 0. The van der Waals surface area contributed by atoms with E-state index in [0.717, 1.165) is 31.2 Å². The Hall–Kier alpha value is -2.30. The number of carbonyl (C=O) groups excluding carboxylic acids is 1. The zero-order valence-corrected chi connectivity index (χ0v) is 13.2. The maximum Gasteiger partial charge on any atom is 0.408 e. The summed E-state index contributed by atoms with van der Waals surface area (Å²) in [5.74, 6) is -0.720. The predicted octanol–water partition coefficient (Wildman–Crippen LogP) is 3.50. The average molecular weight is 317 g/mol. The molecule has 0 bridgehead atoms. The minimum absolute atomic E-state index is 0.127. The number of rotatable bonds is 6. The molecule has 1 amide bonds. The van der Waals surface area contributed by atoms with Crippen LogP contribution in [0.25, 0.3) is 0 Å². The molecule has 124 valence electrons. The lowest BCUT2D eigenvalue weighted by atomic mass is 9.83. The van der Waals surface area contributed by atoms with Gasteiger partial charge in [-0.05, 0) is 43.6 Å². The number of hydrogen-bond donors (Lipinski definition) is 2. The molecule has 0 aromatic heterocycles. The van der Waals surface area contributed by atoms with E-state index in [2.05, 4.69) is 11.9 Å². The molecule has 1 aliphatic rings. The first-order valence-electron chi connectivity index (χ1n) is 7.91. The van der Waals surface area contributed by atoms with Gasteiger partial charge in [-0.2, -0.15) is 0 Å². The first kappa shape index (κ1) is 17.1. The van der Waals surface area contributed by atoms with Gasteiger partial charge in [0.15, 0.2) is 0 Å². The third-order valence-corrected chi connectivity index (χ3v) is 4.18. The van der Waals surface area contributed by atoms with Crippen molar-refractivity contribution in [1.29, 1.82) is 0 Å². The predicted molar refractivity (Wildman–Crippen MR) is 86.9 cm³/mol. The second-order valence-corrected chi connectivity index (χ2v) is 6.03. The minimum atomic E-state index is -1.02. The number of nitrogens with one attached hydrogen (secondary N) is 1. The number of hydrogen-bond acceptors (Lipinski definition) is 3. The standard InChI is InChI=1S/C18H23NO4/c1-13-7-9-14(10-8-13)11-16(17(20)21)19-18(22)23-12-15-5-3-2-4-6-15/h2-6,14,16H,1,7-12H2,(H,19,22)(H,20,21). The highest BCUT2D eigenvalue weighted by atomic mass is 16.5. The Bertz CT molecular complexity index is 545. The molecule has 2 N–H and O–H groups in total. The lowest BCUT2D eigenvalue weighted by Gasteiger charge is -2.26. The number of amides is 1. The molecule has 1 aromatic rings. The number of allylic oxidation sites excluding steroid dienone is 1. The molecular weight excluding hydrogens is 294 g/mol. The van der Waals surface area contributed by atoms with Crippen molar-refractivity contribution < 1.29 is 19.4 Å². The lowest BCUT2D eigenvalue weighted by Crippen LogP contribution is -2.42. The van der Waals surface area contributed by atoms with Crippen molar-refractivity contribution in [2.75, 3.05) is 0 Å². The topological polar surface area (TPSA) is 75.6 Å². The van der Waals surface area contributed by atoms with Crippen LogP contribution in [0.2, 0.25) is 0 Å². The molecule has 23 heavy (non-hydrogen) atoms. The van der Waals surface area contributed by atoms with Gasteiger partial charge in [0.25, 0.3) is 0 Å². The molecule has 5 heteroatoms. The van der Waals surface area contributed by atoms with E-state index in [-0.39, 0.29) is 6.61 Å². The molecule has 1 saturated carbocycles. The van der Waals surface area contributed by atoms with E-state index in [0.29, 0.717) is 12.3 Å². The van der Waals surface area contributed by atoms with Gasteiger partial charge >= 0.3 is 12.1 Å². The second-order valence-electron chi connectivity index (χ2n) is 6.03. The van der Waals surface area contributed by atoms with Crippen LogP contribution < -0.4 is 5.32 Å². The highest BCUT2D eigenvalue weighted by Gasteiger charge is 2.26. The van der Waals surface area contributed by atoms with Crippen molar-refractivity contribution in [2.45, 2.75) is 44.8 Å². The number of carboxylic acid groups (broad SMARTS) is 1. The Balaban J connectivity index is 1.80. The van der Waals surface area contributed by atoms with Gasteiger partial charge in [0, 0.05) is 0 Å². The van der Waals surface area contributed by atoms with Crippen molar-refractivity contribution in [3.05, 3.63) is 48.0 Å². The maximum atomic E-state index is 11.8. The second kappa shape index (κ2) is 8.36. The molecule has 2 rings (SSSR count). The molecule has 0 heterocycles. The summed E-state index contributed by atoms with van der Waals surface area (Å²) < 4.78 is 5.09. The fourth-order valence-corrected chi connectivity index (χ4v) is 2.78. The fourth-order valence-electron chi connectivity index (χ4n) is 2.78. The van der Waals surface area contributed by atoms with Gasteiger partial charge in [-0.15, -0.1) is 0 Å². The highest BCUT2D eigenvalue weighted by Crippen LogP contribution is 2.30. The van der Waals surface area contributed by atoms with E-state index in [4.69, 9.17) is 4.74 Å². The Kier molecular flexibility index (Phi) is 6.20. The third-order valence-electron chi connectivity index (χ3n) is 4.18. The molecular formula is C18H23NO4. The van der Waals surface area contributed by atoms with E-state index >= 15 is 0 Å². The largest absolute Gasteiger partial charge is 0.480 e. The minimum Gasteiger partial charge on any atom is -0.480 e. The van der Waals surface area contributed by atoms with Crippen LogP contribution in [0.4, 0.5) is 4.79 Å². The van der Waals surface area contributed by atoms with E-state index in [9.17, 15) is 14.7 Å². The van der Waals surface area contributed by atoms with Gasteiger partial charge < -0.3 is 15.2 Å². The number of alkyl carbamates (subject to hydrolysis) is 1. The van der Waals surface area contributed by atoms with Gasteiger partial charge in [0.1, 0.15) is 12.6 Å². The summed E-state index contributed by atoms with van der Waals surface area (Å²) in [6.07, 6.45) is 3.49. The fraction of sp³-hybridized carbons (Fsp3) is 0.444. The number of ether oxygens (including phenoxy) is 1. The van der Waals surface area contributed by atoms with Crippen LogP contribution in [0.1, 0.15) is 37.7 Å². The number of carboxylic acids is 1. The van der Waals surface area contributed by atoms with Crippen molar-refractivity contribution in [2.24, 2.45) is 5.92 Å². The molecule has 0 spiro atoms. The third kappa shape index (κ3) is 5.77. The van der Waals surface area contributed by atoms with Gasteiger partial charge in [0.05, 0.1) is 0 Å². The van der Waals surface area contributed by atoms with Crippen LogP contribution in [0, 0.1) is 5.92 Å². The number of benzene rings is 1. The number of aliphatic carboxylic acids is 1. The van der Waals surface area contributed by atoms with Crippen LogP contribution in [-0.4, -0.2) is 23.2 Å². The Morgan fingerprint density at radius 3 is 2.52 bits per heavy atom. The van der Waals surface area contributed by atoms with E-state index in [1.165, 1.54) is 5.57 Å². The summed E-state index contributed by atoms with van der Waals surface area (Å²) in [4.78, 5) is 23.2. The van der Waals surface area contributed by atoms with Gasteiger partial charge in [0.2, 0.25) is 0 Å². The van der Waals surface area contributed by atoms with Crippen LogP contribution in [0.5, 0.6) is 0 Å². The zero-order chi connectivity index (χ0) is 16.7. The monoisotopic (exact) mass is 317 g/mol. The van der Waals surface area contributed by atoms with Crippen molar-refractivity contribution in [3.8, 4) is 0 Å². The number of carbonyl (C=O) groups is 2. The molecule has 5 nitrogen and oxygen atoms in total. The van der Waals surface area contributed by atoms with Crippen molar-refractivity contribution in [3.63, 3.8) is 0 Å². The smallest absolute Gasteiger partial charge is 0.408 e. The summed E-state index contributed by atoms with van der Waals surface area (Å²) in [6.45, 7) is 4.09. The van der Waals surface area contributed by atoms with Gasteiger partial charge in [-0.25, -0.2) is 9.59 Å². The van der Waals surface area contributed by atoms with Crippen LogP contribution in [0.15, 0.2) is 42.5 Å². The average Bonchev–Trinajstić information content (AvgIpc) is 2.55. The van der Waals surface area contributed by atoms with Crippen LogP contribution in [-0.2, 0) is 16.1 Å². The Morgan fingerprint density at radius 1 is 1.26 bits per heavy atom. The molecule has 0 radical (unpaired) electrons. The Labute approximate surface area is 136 Å².